The molecule has 0 unspecified atom stereocenters. The number of aryl methyl sites for hydroxylation is 1. The van der Waals surface area contributed by atoms with Gasteiger partial charge in [0, 0.05) is 5.56 Å². The smallest absolute Gasteiger partial charge is 0.240 e. The molecule has 0 aliphatic heterocycles. The summed E-state index contributed by atoms with van der Waals surface area (Å²) in [6.45, 7) is 1.56. The summed E-state index contributed by atoms with van der Waals surface area (Å²) in [5.74, 6) is 5.26. The minimum Gasteiger partial charge on any atom is -0.384 e. The summed E-state index contributed by atoms with van der Waals surface area (Å²) < 4.78 is 25.2. The van der Waals surface area contributed by atoms with Crippen molar-refractivity contribution < 1.29 is 13.5 Å². The van der Waals surface area contributed by atoms with Crippen LogP contribution in [0.5, 0.6) is 0 Å². The molecular formula is C11H13NO3S. The quantitative estimate of drug-likeness (QED) is 0.727. The third kappa shape index (κ3) is 2.83. The lowest BCUT2D eigenvalue weighted by molar-refractivity contribution is 0.350. The number of hydrogen-bond donors (Lipinski definition) is 2. The van der Waals surface area contributed by atoms with Gasteiger partial charge in [0.25, 0.3) is 0 Å². The first-order chi connectivity index (χ1) is 7.51. The molecule has 0 radical (unpaired) electrons. The molecule has 86 valence electrons. The normalized spacial score (nSPS) is 10.7. The Kier molecular flexibility index (Phi) is 4.07. The lowest BCUT2D eigenvalue weighted by Gasteiger charge is -2.04. The van der Waals surface area contributed by atoms with Gasteiger partial charge in [-0.15, -0.1) is 0 Å². The molecule has 0 aliphatic rings. The summed E-state index contributed by atoms with van der Waals surface area (Å²) in [5, 5.41) is 8.56. The highest BCUT2D eigenvalue weighted by molar-refractivity contribution is 7.89. The first-order valence-corrected chi connectivity index (χ1v) is 6.13. The molecule has 16 heavy (non-hydrogen) atoms. The topological polar surface area (TPSA) is 66.4 Å². The maximum Gasteiger partial charge on any atom is 0.240 e. The molecule has 0 heterocycles. The Labute approximate surface area is 95.4 Å². The van der Waals surface area contributed by atoms with Gasteiger partial charge in [0.2, 0.25) is 10.0 Å². The van der Waals surface area contributed by atoms with E-state index in [0.717, 1.165) is 5.56 Å². The van der Waals surface area contributed by atoms with Crippen molar-refractivity contribution in [3.8, 4) is 11.8 Å². The maximum atomic E-state index is 11.5. The number of rotatable bonds is 2. The molecule has 0 atom stereocenters. The van der Waals surface area contributed by atoms with Gasteiger partial charge in [-0.3, -0.25) is 0 Å². The van der Waals surface area contributed by atoms with Crippen LogP contribution < -0.4 is 4.72 Å². The molecule has 4 nitrogen and oxygen atoms in total. The maximum absolute atomic E-state index is 11.5. The molecule has 0 saturated heterocycles. The van der Waals surface area contributed by atoms with E-state index >= 15 is 0 Å². The zero-order valence-electron chi connectivity index (χ0n) is 9.11. The molecule has 5 heteroatoms. The highest BCUT2D eigenvalue weighted by Gasteiger charge is 2.11. The average molecular weight is 239 g/mol. The zero-order valence-corrected chi connectivity index (χ0v) is 9.93. The van der Waals surface area contributed by atoms with Crippen molar-refractivity contribution in [2.45, 2.75) is 11.8 Å². The lowest BCUT2D eigenvalue weighted by Crippen LogP contribution is -2.18. The van der Waals surface area contributed by atoms with E-state index in [4.69, 9.17) is 5.11 Å². The van der Waals surface area contributed by atoms with E-state index in [0.29, 0.717) is 5.56 Å². The van der Waals surface area contributed by atoms with E-state index in [-0.39, 0.29) is 11.5 Å². The standard InChI is InChI=1S/C11H13NO3S/c1-9-8-11(16(14,15)12-2)6-5-10(9)4-3-7-13/h5-6,8,12-13H,7H2,1-2H3. The van der Waals surface area contributed by atoms with E-state index in [1.807, 2.05) is 0 Å². The summed E-state index contributed by atoms with van der Waals surface area (Å²) >= 11 is 0. The molecular weight excluding hydrogens is 226 g/mol. The fourth-order valence-corrected chi connectivity index (χ4v) is 2.01. The molecule has 0 spiro atoms. The van der Waals surface area contributed by atoms with Crippen LogP contribution in [0.15, 0.2) is 23.1 Å². The number of sulfonamides is 1. The van der Waals surface area contributed by atoms with E-state index in [1.54, 1.807) is 19.1 Å². The van der Waals surface area contributed by atoms with Crippen molar-refractivity contribution in [1.29, 1.82) is 0 Å². The minimum absolute atomic E-state index is 0.210. The van der Waals surface area contributed by atoms with Crippen molar-refractivity contribution in [3.05, 3.63) is 29.3 Å². The molecule has 0 aromatic heterocycles. The Morgan fingerprint density at radius 2 is 2.12 bits per heavy atom. The zero-order chi connectivity index (χ0) is 12.2. The van der Waals surface area contributed by atoms with E-state index in [9.17, 15) is 8.42 Å². The van der Waals surface area contributed by atoms with Gasteiger partial charge in [-0.05, 0) is 37.7 Å². The van der Waals surface area contributed by atoms with Crippen LogP contribution in [0.4, 0.5) is 0 Å². The van der Waals surface area contributed by atoms with Crippen LogP contribution >= 0.6 is 0 Å². The molecule has 0 bridgehead atoms. The number of aliphatic hydroxyl groups excluding tert-OH is 1. The fraction of sp³-hybridized carbons (Fsp3) is 0.273. The van der Waals surface area contributed by atoms with Crippen molar-refractivity contribution in [2.75, 3.05) is 13.7 Å². The number of benzene rings is 1. The summed E-state index contributed by atoms with van der Waals surface area (Å²) in [5.41, 5.74) is 1.47. The third-order valence-corrected chi connectivity index (χ3v) is 3.49. The average Bonchev–Trinajstić information content (AvgIpc) is 2.27. The molecule has 0 amide bonds. The summed E-state index contributed by atoms with van der Waals surface area (Å²) in [7, 11) is -2.04. The summed E-state index contributed by atoms with van der Waals surface area (Å²) in [6, 6.07) is 4.66. The monoisotopic (exact) mass is 239 g/mol. The lowest BCUT2D eigenvalue weighted by atomic mass is 10.1. The third-order valence-electron chi connectivity index (χ3n) is 2.08. The van der Waals surface area contributed by atoms with Gasteiger partial charge >= 0.3 is 0 Å². The van der Waals surface area contributed by atoms with E-state index in [2.05, 4.69) is 16.6 Å². The van der Waals surface area contributed by atoms with Crippen LogP contribution in [0.1, 0.15) is 11.1 Å². The number of nitrogens with one attached hydrogen (secondary N) is 1. The van der Waals surface area contributed by atoms with Crippen LogP contribution in [-0.2, 0) is 10.0 Å². The van der Waals surface area contributed by atoms with Crippen molar-refractivity contribution >= 4 is 10.0 Å². The van der Waals surface area contributed by atoms with Crippen LogP contribution in [0.3, 0.4) is 0 Å². The molecule has 2 N–H and O–H groups in total. The molecule has 0 fully saturated rings. The number of hydrogen-bond acceptors (Lipinski definition) is 3. The molecule has 0 aliphatic carbocycles. The van der Waals surface area contributed by atoms with Gasteiger partial charge in [0.15, 0.2) is 0 Å². The van der Waals surface area contributed by atoms with Gasteiger partial charge in [-0.1, -0.05) is 11.8 Å². The van der Waals surface area contributed by atoms with Crippen LogP contribution in [0.25, 0.3) is 0 Å². The van der Waals surface area contributed by atoms with Crippen molar-refractivity contribution in [3.63, 3.8) is 0 Å². The van der Waals surface area contributed by atoms with Crippen molar-refractivity contribution in [2.24, 2.45) is 0 Å². The van der Waals surface area contributed by atoms with Gasteiger partial charge in [-0.25, -0.2) is 13.1 Å². The van der Waals surface area contributed by atoms with Gasteiger partial charge in [0.05, 0.1) is 4.90 Å². The Bertz CT molecular complexity index is 538. The second-order valence-electron chi connectivity index (χ2n) is 3.14. The molecule has 0 saturated carbocycles. The highest BCUT2D eigenvalue weighted by atomic mass is 32.2. The molecule has 1 aromatic carbocycles. The Morgan fingerprint density at radius 3 is 2.62 bits per heavy atom. The Morgan fingerprint density at radius 1 is 1.44 bits per heavy atom. The van der Waals surface area contributed by atoms with Crippen LogP contribution in [0, 0.1) is 18.8 Å². The van der Waals surface area contributed by atoms with Gasteiger partial charge < -0.3 is 5.11 Å². The first kappa shape index (κ1) is 12.7. The molecule has 1 aromatic rings. The Balaban J connectivity index is 3.19. The second kappa shape index (κ2) is 5.12. The SMILES string of the molecule is CNS(=O)(=O)c1ccc(C#CCO)c(C)c1. The summed E-state index contributed by atoms with van der Waals surface area (Å²) in [6.07, 6.45) is 0. The van der Waals surface area contributed by atoms with Gasteiger partial charge in [0.1, 0.15) is 6.61 Å². The first-order valence-electron chi connectivity index (χ1n) is 4.65. The fourth-order valence-electron chi connectivity index (χ4n) is 1.20. The summed E-state index contributed by atoms with van der Waals surface area (Å²) in [4.78, 5) is 0.210. The predicted molar refractivity (Wildman–Crippen MR) is 61.4 cm³/mol. The van der Waals surface area contributed by atoms with Crippen LogP contribution in [-0.4, -0.2) is 27.2 Å². The second-order valence-corrected chi connectivity index (χ2v) is 5.03. The highest BCUT2D eigenvalue weighted by Crippen LogP contribution is 2.14. The largest absolute Gasteiger partial charge is 0.384 e. The minimum atomic E-state index is -3.41. The van der Waals surface area contributed by atoms with Crippen LogP contribution in [0.2, 0.25) is 0 Å². The number of aliphatic hydroxyl groups is 1. The van der Waals surface area contributed by atoms with Crippen molar-refractivity contribution in [1.82, 2.24) is 4.72 Å². The van der Waals surface area contributed by atoms with E-state index in [1.165, 1.54) is 13.1 Å². The van der Waals surface area contributed by atoms with Gasteiger partial charge in [-0.2, -0.15) is 0 Å². The Hall–Kier alpha value is -1.35. The van der Waals surface area contributed by atoms with E-state index < -0.39 is 10.0 Å². The predicted octanol–water partition coefficient (Wildman–Crippen LogP) is 0.247. The molecule has 1 rings (SSSR count).